The number of hydrogen-bond donors (Lipinski definition) is 2. The number of anilines is 2. The normalized spacial score (nSPS) is 23.0. The average Bonchev–Trinajstić information content (AvgIpc) is 3.45. The summed E-state index contributed by atoms with van der Waals surface area (Å²) in [5.74, 6) is 0.262. The molecule has 7 rings (SSSR count). The highest BCUT2D eigenvalue weighted by molar-refractivity contribution is 6.10. The van der Waals surface area contributed by atoms with Crippen molar-refractivity contribution in [2.24, 2.45) is 0 Å². The van der Waals surface area contributed by atoms with Crippen molar-refractivity contribution < 1.29 is 9.53 Å². The van der Waals surface area contributed by atoms with E-state index in [9.17, 15) is 4.79 Å². The molecule has 1 amide bonds. The first-order valence-corrected chi connectivity index (χ1v) is 13.0. The van der Waals surface area contributed by atoms with Crippen LogP contribution in [0.15, 0.2) is 60.7 Å². The molecule has 188 valence electrons. The topological polar surface area (TPSA) is 73.5 Å². The predicted octanol–water partition coefficient (Wildman–Crippen LogP) is 4.51. The third-order valence-corrected chi connectivity index (χ3v) is 8.49. The summed E-state index contributed by atoms with van der Waals surface area (Å²) in [6.07, 6.45) is 0.822. The predicted molar refractivity (Wildman–Crippen MR) is 146 cm³/mol. The monoisotopic (exact) mass is 493 g/mol. The molecule has 2 fully saturated rings. The van der Waals surface area contributed by atoms with E-state index in [1.807, 2.05) is 12.1 Å². The van der Waals surface area contributed by atoms with E-state index in [0.29, 0.717) is 6.61 Å². The van der Waals surface area contributed by atoms with Gasteiger partial charge in [0.25, 0.3) is 0 Å². The summed E-state index contributed by atoms with van der Waals surface area (Å²) in [4.78, 5) is 17.9. The Morgan fingerprint density at radius 2 is 1.84 bits per heavy atom. The number of carbonyl (C=O) groups is 1. The molecule has 1 aromatic heterocycles. The summed E-state index contributed by atoms with van der Waals surface area (Å²) in [6.45, 7) is 4.85. The van der Waals surface area contributed by atoms with Gasteiger partial charge in [-0.1, -0.05) is 36.4 Å². The van der Waals surface area contributed by atoms with E-state index in [1.54, 1.807) is 7.11 Å². The summed E-state index contributed by atoms with van der Waals surface area (Å²) in [6, 6.07) is 21.4. The second-order valence-electron chi connectivity index (χ2n) is 10.7. The molecule has 3 aliphatic rings. The van der Waals surface area contributed by atoms with Crippen LogP contribution < -0.4 is 10.2 Å². The number of benzene rings is 3. The lowest BCUT2D eigenvalue weighted by molar-refractivity contribution is -0.118. The van der Waals surface area contributed by atoms with E-state index < -0.39 is 5.41 Å². The third-order valence-electron chi connectivity index (χ3n) is 8.49. The number of methoxy groups -OCH3 is 1. The number of nitrogens with zero attached hydrogens (tertiary/aromatic N) is 3. The Morgan fingerprint density at radius 3 is 2.62 bits per heavy atom. The zero-order valence-electron chi connectivity index (χ0n) is 21.3. The maximum atomic E-state index is 13.1. The molecule has 2 N–H and O–H groups in total. The molecule has 1 saturated carbocycles. The number of aromatic amines is 1. The van der Waals surface area contributed by atoms with Gasteiger partial charge in [0.05, 0.1) is 23.2 Å². The standard InChI is InChI=1S/C30H31N5O2/c1-34-11-13-35(14-12-34)22-7-4-20(5-8-22)28-23-9-6-21(16-27(23)32-33-28)25-17-30(25)24-15-19(18-37-2)3-10-26(24)31-29(30)36/h3-10,15-16,25H,11-14,17-18H2,1-2H3,(H,31,36)(H,32,33). The summed E-state index contributed by atoms with van der Waals surface area (Å²) in [5.41, 5.74) is 8.16. The van der Waals surface area contributed by atoms with Gasteiger partial charge in [0.2, 0.25) is 5.91 Å². The first kappa shape index (κ1) is 22.5. The van der Waals surface area contributed by atoms with Crippen LogP contribution in [0.5, 0.6) is 0 Å². The Balaban J connectivity index is 1.15. The third kappa shape index (κ3) is 3.56. The first-order valence-electron chi connectivity index (χ1n) is 13.0. The summed E-state index contributed by atoms with van der Waals surface area (Å²) >= 11 is 0. The molecule has 1 aliphatic carbocycles. The molecule has 2 atom stereocenters. The number of carbonyl (C=O) groups excluding carboxylic acids is 1. The molecule has 0 bridgehead atoms. The van der Waals surface area contributed by atoms with E-state index in [2.05, 4.69) is 80.9 Å². The van der Waals surface area contributed by atoms with E-state index in [1.165, 1.54) is 11.3 Å². The minimum atomic E-state index is -0.477. The molecule has 3 aromatic carbocycles. The van der Waals surface area contributed by atoms with Crippen LogP contribution in [0.4, 0.5) is 11.4 Å². The van der Waals surface area contributed by atoms with Gasteiger partial charge in [-0.25, -0.2) is 0 Å². The number of piperazine rings is 1. The second-order valence-corrected chi connectivity index (χ2v) is 10.7. The molecule has 3 heterocycles. The van der Waals surface area contributed by atoms with Crippen molar-refractivity contribution in [2.75, 3.05) is 50.6 Å². The van der Waals surface area contributed by atoms with Crippen LogP contribution in [-0.2, 0) is 21.6 Å². The fourth-order valence-corrected chi connectivity index (χ4v) is 6.26. The fourth-order valence-electron chi connectivity index (χ4n) is 6.26. The van der Waals surface area contributed by atoms with E-state index in [4.69, 9.17) is 4.74 Å². The van der Waals surface area contributed by atoms with Crippen molar-refractivity contribution in [1.29, 1.82) is 0 Å². The quantitative estimate of drug-likeness (QED) is 0.428. The van der Waals surface area contributed by atoms with Gasteiger partial charge in [-0.3, -0.25) is 9.89 Å². The number of nitrogens with one attached hydrogen (secondary N) is 2. The van der Waals surface area contributed by atoms with Gasteiger partial charge < -0.3 is 19.9 Å². The zero-order valence-corrected chi connectivity index (χ0v) is 21.3. The minimum absolute atomic E-state index is 0.105. The molecule has 2 aliphatic heterocycles. The number of likely N-dealkylation sites (N-methyl/N-ethyl adjacent to an activating group) is 1. The largest absolute Gasteiger partial charge is 0.380 e. The lowest BCUT2D eigenvalue weighted by Crippen LogP contribution is -2.44. The number of rotatable bonds is 5. The van der Waals surface area contributed by atoms with Crippen LogP contribution in [0, 0.1) is 0 Å². The number of hydrogen-bond acceptors (Lipinski definition) is 5. The molecule has 1 spiro atoms. The number of aromatic nitrogens is 2. The smallest absolute Gasteiger partial charge is 0.235 e. The van der Waals surface area contributed by atoms with Crippen LogP contribution in [-0.4, -0.2) is 61.3 Å². The van der Waals surface area contributed by atoms with E-state index >= 15 is 0 Å². The molecule has 2 unspecified atom stereocenters. The summed E-state index contributed by atoms with van der Waals surface area (Å²) in [7, 11) is 3.87. The molecule has 4 aromatic rings. The first-order chi connectivity index (χ1) is 18.1. The van der Waals surface area contributed by atoms with Crippen molar-refractivity contribution in [3.63, 3.8) is 0 Å². The molecule has 7 heteroatoms. The van der Waals surface area contributed by atoms with Crippen LogP contribution in [0.3, 0.4) is 0 Å². The summed E-state index contributed by atoms with van der Waals surface area (Å²) < 4.78 is 5.32. The minimum Gasteiger partial charge on any atom is -0.380 e. The Labute approximate surface area is 216 Å². The lowest BCUT2D eigenvalue weighted by atomic mass is 9.90. The Hall–Kier alpha value is -3.68. The van der Waals surface area contributed by atoms with Gasteiger partial charge >= 0.3 is 0 Å². The van der Waals surface area contributed by atoms with Crippen LogP contribution >= 0.6 is 0 Å². The maximum absolute atomic E-state index is 13.1. The van der Waals surface area contributed by atoms with E-state index in [-0.39, 0.29) is 11.8 Å². The van der Waals surface area contributed by atoms with Crippen molar-refractivity contribution in [3.8, 4) is 11.3 Å². The van der Waals surface area contributed by atoms with Gasteiger partial charge in [0, 0.05) is 61.5 Å². The van der Waals surface area contributed by atoms with E-state index in [0.717, 1.165) is 71.6 Å². The van der Waals surface area contributed by atoms with Gasteiger partial charge in [-0.15, -0.1) is 0 Å². The van der Waals surface area contributed by atoms with Gasteiger partial charge in [-0.2, -0.15) is 5.10 Å². The highest BCUT2D eigenvalue weighted by Crippen LogP contribution is 2.65. The van der Waals surface area contributed by atoms with Crippen molar-refractivity contribution in [1.82, 2.24) is 15.1 Å². The number of ether oxygens (including phenoxy) is 1. The lowest BCUT2D eigenvalue weighted by Gasteiger charge is -2.34. The van der Waals surface area contributed by atoms with Gasteiger partial charge in [-0.05, 0) is 54.4 Å². The maximum Gasteiger partial charge on any atom is 0.235 e. The Kier molecular flexibility index (Phi) is 5.13. The van der Waals surface area contributed by atoms with Crippen molar-refractivity contribution >= 4 is 28.2 Å². The fraction of sp³-hybridized carbons (Fsp3) is 0.333. The second kappa shape index (κ2) is 8.43. The molecule has 0 radical (unpaired) electrons. The molecular weight excluding hydrogens is 462 g/mol. The number of H-pyrrole nitrogens is 1. The van der Waals surface area contributed by atoms with Crippen LogP contribution in [0.1, 0.15) is 29.0 Å². The SMILES string of the molecule is COCc1ccc2c(c1)C1(CC1c1ccc3c(-c4ccc(N5CCN(C)CC5)cc4)n[nH]c3c1)C(=O)N2. The van der Waals surface area contributed by atoms with Crippen LogP contribution in [0.25, 0.3) is 22.2 Å². The highest BCUT2D eigenvalue weighted by atomic mass is 16.5. The highest BCUT2D eigenvalue weighted by Gasteiger charge is 2.65. The van der Waals surface area contributed by atoms with Crippen LogP contribution in [0.2, 0.25) is 0 Å². The zero-order chi connectivity index (χ0) is 25.1. The average molecular weight is 494 g/mol. The number of fused-ring (bicyclic) bond motifs is 3. The van der Waals surface area contributed by atoms with Gasteiger partial charge in [0.1, 0.15) is 0 Å². The molecule has 37 heavy (non-hydrogen) atoms. The molecule has 7 nitrogen and oxygen atoms in total. The van der Waals surface area contributed by atoms with Gasteiger partial charge in [0.15, 0.2) is 0 Å². The van der Waals surface area contributed by atoms with Crippen molar-refractivity contribution in [3.05, 3.63) is 77.4 Å². The Bertz CT molecular complexity index is 1500. The molecular formula is C30H31N5O2. The number of amides is 1. The Morgan fingerprint density at radius 1 is 1.03 bits per heavy atom. The summed E-state index contributed by atoms with van der Waals surface area (Å²) in [5, 5.41) is 12.1. The molecule has 1 saturated heterocycles. The van der Waals surface area contributed by atoms with Crippen molar-refractivity contribution in [2.45, 2.75) is 24.4 Å².